The van der Waals surface area contributed by atoms with Crippen LogP contribution in [0.5, 0.6) is 5.75 Å². The van der Waals surface area contributed by atoms with Crippen LogP contribution in [0.2, 0.25) is 0 Å². The van der Waals surface area contributed by atoms with Gasteiger partial charge in [0.15, 0.2) is 0 Å². The van der Waals surface area contributed by atoms with Crippen LogP contribution in [0.25, 0.3) is 0 Å². The van der Waals surface area contributed by atoms with Crippen LogP contribution in [0.1, 0.15) is 0 Å². The van der Waals surface area contributed by atoms with Crippen LogP contribution in [0.15, 0.2) is 22.7 Å². The summed E-state index contributed by atoms with van der Waals surface area (Å²) in [5, 5.41) is 3.12. The SMILES string of the molecule is COC(=O)C(Br)CNc1ccc(OC)c(Br)c1. The van der Waals surface area contributed by atoms with Gasteiger partial charge in [0.2, 0.25) is 0 Å². The summed E-state index contributed by atoms with van der Waals surface area (Å²) in [6.45, 7) is 0.450. The van der Waals surface area contributed by atoms with Gasteiger partial charge in [-0.2, -0.15) is 0 Å². The molecule has 4 nitrogen and oxygen atoms in total. The first-order valence-corrected chi connectivity index (χ1v) is 6.58. The van der Waals surface area contributed by atoms with Crippen LogP contribution >= 0.6 is 31.9 Å². The number of benzene rings is 1. The molecule has 1 unspecified atom stereocenters. The van der Waals surface area contributed by atoms with Crippen molar-refractivity contribution >= 4 is 43.5 Å². The first-order chi connectivity index (χ1) is 8.08. The van der Waals surface area contributed by atoms with Crippen molar-refractivity contribution in [2.45, 2.75) is 4.83 Å². The molecule has 0 radical (unpaired) electrons. The smallest absolute Gasteiger partial charge is 0.321 e. The predicted octanol–water partition coefficient (Wildman–Crippen LogP) is 2.81. The highest BCUT2D eigenvalue weighted by Crippen LogP contribution is 2.27. The summed E-state index contributed by atoms with van der Waals surface area (Å²) in [6, 6.07) is 5.60. The van der Waals surface area contributed by atoms with Crippen molar-refractivity contribution in [2.75, 3.05) is 26.1 Å². The molecule has 1 atom stereocenters. The average molecular weight is 367 g/mol. The highest BCUT2D eigenvalue weighted by molar-refractivity contribution is 9.10. The molecule has 1 N–H and O–H groups in total. The van der Waals surface area contributed by atoms with Crippen molar-refractivity contribution in [2.24, 2.45) is 0 Å². The lowest BCUT2D eigenvalue weighted by Crippen LogP contribution is -2.24. The van der Waals surface area contributed by atoms with Crippen molar-refractivity contribution in [3.8, 4) is 5.75 Å². The number of alkyl halides is 1. The predicted molar refractivity (Wildman–Crippen MR) is 73.9 cm³/mol. The summed E-state index contributed by atoms with van der Waals surface area (Å²) >= 11 is 6.62. The maximum Gasteiger partial charge on any atom is 0.321 e. The van der Waals surface area contributed by atoms with Gasteiger partial charge in [0.05, 0.1) is 18.7 Å². The van der Waals surface area contributed by atoms with E-state index in [0.717, 1.165) is 15.9 Å². The number of carbonyl (C=O) groups excluding carboxylic acids is 1. The second-order valence-electron chi connectivity index (χ2n) is 3.22. The Hall–Kier alpha value is -0.750. The number of esters is 1. The minimum absolute atomic E-state index is 0.301. The highest BCUT2D eigenvalue weighted by atomic mass is 79.9. The molecular weight excluding hydrogens is 354 g/mol. The van der Waals surface area contributed by atoms with E-state index in [4.69, 9.17) is 4.74 Å². The monoisotopic (exact) mass is 365 g/mol. The summed E-state index contributed by atoms with van der Waals surface area (Å²) in [5.41, 5.74) is 0.894. The van der Waals surface area contributed by atoms with E-state index in [1.54, 1.807) is 7.11 Å². The van der Waals surface area contributed by atoms with E-state index in [2.05, 4.69) is 41.9 Å². The molecule has 1 rings (SSSR count). The number of carbonyl (C=O) groups is 1. The molecule has 0 aliphatic carbocycles. The van der Waals surface area contributed by atoms with E-state index < -0.39 is 0 Å². The number of hydrogen-bond donors (Lipinski definition) is 1. The fourth-order valence-electron chi connectivity index (χ4n) is 1.20. The topological polar surface area (TPSA) is 47.6 Å². The number of rotatable bonds is 5. The minimum Gasteiger partial charge on any atom is -0.496 e. The molecule has 0 heterocycles. The van der Waals surface area contributed by atoms with Crippen molar-refractivity contribution < 1.29 is 14.3 Å². The number of methoxy groups -OCH3 is 2. The lowest BCUT2D eigenvalue weighted by molar-refractivity contribution is -0.139. The number of nitrogens with one attached hydrogen (secondary N) is 1. The second-order valence-corrected chi connectivity index (χ2v) is 5.18. The van der Waals surface area contributed by atoms with Gasteiger partial charge in [-0.1, -0.05) is 15.9 Å². The maximum atomic E-state index is 11.2. The number of ether oxygens (including phenoxy) is 2. The molecular formula is C11H13Br2NO3. The van der Waals surface area contributed by atoms with E-state index in [-0.39, 0.29) is 10.8 Å². The molecule has 0 fully saturated rings. The molecule has 1 aromatic rings. The fourth-order valence-corrected chi connectivity index (χ4v) is 2.08. The standard InChI is InChI=1S/C11H13Br2NO3/c1-16-10-4-3-7(5-8(10)12)14-6-9(13)11(15)17-2/h3-5,9,14H,6H2,1-2H3. The van der Waals surface area contributed by atoms with Crippen LogP contribution < -0.4 is 10.1 Å². The average Bonchev–Trinajstić information content (AvgIpc) is 2.35. The first kappa shape index (κ1) is 14.3. The van der Waals surface area contributed by atoms with Gasteiger partial charge in [-0.05, 0) is 34.1 Å². The Labute approximate surface area is 117 Å². The van der Waals surface area contributed by atoms with Gasteiger partial charge in [0.1, 0.15) is 10.6 Å². The first-order valence-electron chi connectivity index (χ1n) is 4.87. The highest BCUT2D eigenvalue weighted by Gasteiger charge is 2.14. The number of halogens is 2. The van der Waals surface area contributed by atoms with Crippen molar-refractivity contribution in [3.05, 3.63) is 22.7 Å². The van der Waals surface area contributed by atoms with E-state index in [1.165, 1.54) is 7.11 Å². The van der Waals surface area contributed by atoms with Crippen molar-refractivity contribution in [1.29, 1.82) is 0 Å². The Kier molecular flexibility index (Phi) is 5.77. The lowest BCUT2D eigenvalue weighted by Gasteiger charge is -2.11. The summed E-state index contributed by atoms with van der Waals surface area (Å²) in [7, 11) is 2.97. The Bertz CT molecular complexity index is 398. The zero-order valence-electron chi connectivity index (χ0n) is 9.50. The van der Waals surface area contributed by atoms with Crippen LogP contribution in [0, 0.1) is 0 Å². The largest absolute Gasteiger partial charge is 0.496 e. The Balaban J connectivity index is 2.58. The van der Waals surface area contributed by atoms with Crippen LogP contribution in [-0.4, -0.2) is 31.6 Å². The summed E-state index contributed by atoms with van der Waals surface area (Å²) in [6.07, 6.45) is 0. The van der Waals surface area contributed by atoms with Crippen LogP contribution in [0.3, 0.4) is 0 Å². The lowest BCUT2D eigenvalue weighted by atomic mass is 10.3. The van der Waals surface area contributed by atoms with Gasteiger partial charge in [0.25, 0.3) is 0 Å². The Morgan fingerprint density at radius 1 is 1.47 bits per heavy atom. The zero-order chi connectivity index (χ0) is 12.8. The molecule has 1 aromatic carbocycles. The Morgan fingerprint density at radius 3 is 2.71 bits per heavy atom. The molecule has 0 amide bonds. The normalized spacial score (nSPS) is 11.8. The molecule has 6 heteroatoms. The van der Waals surface area contributed by atoms with Crippen LogP contribution in [-0.2, 0) is 9.53 Å². The van der Waals surface area contributed by atoms with Gasteiger partial charge in [-0.15, -0.1) is 0 Å². The van der Waals surface area contributed by atoms with Crippen LogP contribution in [0.4, 0.5) is 5.69 Å². The third-order valence-corrected chi connectivity index (χ3v) is 3.41. The van der Waals surface area contributed by atoms with Gasteiger partial charge in [-0.25, -0.2) is 0 Å². The molecule has 0 spiro atoms. The number of anilines is 1. The molecule has 0 aromatic heterocycles. The summed E-state index contributed by atoms with van der Waals surface area (Å²) < 4.78 is 10.6. The van der Waals surface area contributed by atoms with E-state index in [1.807, 2.05) is 18.2 Å². The zero-order valence-corrected chi connectivity index (χ0v) is 12.7. The number of hydrogen-bond acceptors (Lipinski definition) is 4. The summed E-state index contributed by atoms with van der Waals surface area (Å²) in [5.74, 6) is 0.462. The van der Waals surface area contributed by atoms with Crippen molar-refractivity contribution in [3.63, 3.8) is 0 Å². The molecule has 0 aliphatic rings. The summed E-state index contributed by atoms with van der Waals surface area (Å²) in [4.78, 5) is 10.8. The molecule has 0 bridgehead atoms. The third-order valence-electron chi connectivity index (χ3n) is 2.09. The minimum atomic E-state index is -0.367. The molecule has 0 saturated heterocycles. The molecule has 0 saturated carbocycles. The third kappa shape index (κ3) is 4.20. The van der Waals surface area contributed by atoms with Crippen molar-refractivity contribution in [1.82, 2.24) is 0 Å². The maximum absolute atomic E-state index is 11.2. The van der Waals surface area contributed by atoms with E-state index >= 15 is 0 Å². The molecule has 17 heavy (non-hydrogen) atoms. The van der Waals surface area contributed by atoms with Gasteiger partial charge in [0, 0.05) is 12.2 Å². The Morgan fingerprint density at radius 2 is 2.18 bits per heavy atom. The molecule has 94 valence electrons. The fraction of sp³-hybridized carbons (Fsp3) is 0.364. The van der Waals surface area contributed by atoms with Gasteiger partial charge in [-0.3, -0.25) is 4.79 Å². The quantitative estimate of drug-likeness (QED) is 0.643. The second kappa shape index (κ2) is 6.86. The van der Waals surface area contributed by atoms with E-state index in [9.17, 15) is 4.79 Å². The van der Waals surface area contributed by atoms with Gasteiger partial charge >= 0.3 is 5.97 Å². The van der Waals surface area contributed by atoms with E-state index in [0.29, 0.717) is 6.54 Å². The molecule has 0 aliphatic heterocycles. The van der Waals surface area contributed by atoms with Gasteiger partial charge < -0.3 is 14.8 Å².